The summed E-state index contributed by atoms with van der Waals surface area (Å²) in [6, 6.07) is 9.07. The molecule has 0 bridgehead atoms. The Kier molecular flexibility index (Phi) is 2.10. The molecule has 80 valence electrons. The van der Waals surface area contributed by atoms with Crippen LogP contribution in [0.1, 0.15) is 36.8 Å². The van der Waals surface area contributed by atoms with Crippen molar-refractivity contribution in [3.63, 3.8) is 0 Å². The lowest BCUT2D eigenvalue weighted by Crippen LogP contribution is -2.42. The molecule has 0 atom stereocenters. The maximum absolute atomic E-state index is 2.49. The molecule has 2 aliphatic rings. The van der Waals surface area contributed by atoms with E-state index < -0.39 is 0 Å². The number of hydrogen-bond donors (Lipinski definition) is 0. The zero-order valence-electron chi connectivity index (χ0n) is 9.50. The first kappa shape index (κ1) is 9.41. The summed E-state index contributed by atoms with van der Waals surface area (Å²) in [5.74, 6) is 0. The van der Waals surface area contributed by atoms with E-state index in [2.05, 4.69) is 36.2 Å². The molecular weight excluding hydrogens is 182 g/mol. The van der Waals surface area contributed by atoms with Gasteiger partial charge in [-0.05, 0) is 31.0 Å². The third kappa shape index (κ3) is 1.41. The first-order valence-corrected chi connectivity index (χ1v) is 6.07. The molecule has 1 aromatic carbocycles. The Morgan fingerprint density at radius 3 is 2.67 bits per heavy atom. The van der Waals surface area contributed by atoms with Crippen molar-refractivity contribution in [1.82, 2.24) is 4.90 Å². The lowest BCUT2D eigenvalue weighted by atomic mass is 9.74. The van der Waals surface area contributed by atoms with Gasteiger partial charge >= 0.3 is 0 Å². The molecule has 15 heavy (non-hydrogen) atoms. The van der Waals surface area contributed by atoms with Crippen molar-refractivity contribution >= 4 is 0 Å². The van der Waals surface area contributed by atoms with Crippen LogP contribution in [-0.2, 0) is 12.0 Å². The van der Waals surface area contributed by atoms with Crippen LogP contribution in [0, 0.1) is 0 Å². The van der Waals surface area contributed by atoms with E-state index in [4.69, 9.17) is 0 Å². The van der Waals surface area contributed by atoms with Gasteiger partial charge in [0.2, 0.25) is 0 Å². The maximum Gasteiger partial charge on any atom is 0.0234 e. The SMILES string of the molecule is CN1Cc2ccccc2C2(CCCC2)C1. The van der Waals surface area contributed by atoms with Crippen molar-refractivity contribution < 1.29 is 0 Å². The molecule has 3 rings (SSSR count). The Bertz CT molecular complexity index is 363. The van der Waals surface area contributed by atoms with E-state index in [1.165, 1.54) is 32.2 Å². The minimum Gasteiger partial charge on any atom is -0.301 e. The van der Waals surface area contributed by atoms with Gasteiger partial charge in [-0.2, -0.15) is 0 Å². The monoisotopic (exact) mass is 201 g/mol. The highest BCUT2D eigenvalue weighted by Crippen LogP contribution is 2.45. The van der Waals surface area contributed by atoms with Crippen molar-refractivity contribution in [3.05, 3.63) is 35.4 Å². The Hall–Kier alpha value is -0.820. The summed E-state index contributed by atoms with van der Waals surface area (Å²) in [7, 11) is 2.26. The highest BCUT2D eigenvalue weighted by molar-refractivity contribution is 5.37. The van der Waals surface area contributed by atoms with Crippen LogP contribution < -0.4 is 0 Å². The van der Waals surface area contributed by atoms with E-state index in [9.17, 15) is 0 Å². The Labute approximate surface area is 92.1 Å². The molecule has 0 saturated heterocycles. The lowest BCUT2D eigenvalue weighted by molar-refractivity contribution is 0.213. The third-order valence-electron chi connectivity index (χ3n) is 4.16. The molecule has 0 amide bonds. The summed E-state index contributed by atoms with van der Waals surface area (Å²) in [5, 5.41) is 0. The van der Waals surface area contributed by atoms with Crippen LogP contribution in [0.15, 0.2) is 24.3 Å². The fourth-order valence-corrected chi connectivity index (χ4v) is 3.60. The second-order valence-electron chi connectivity index (χ2n) is 5.32. The number of fused-ring (bicyclic) bond motifs is 2. The average molecular weight is 201 g/mol. The van der Waals surface area contributed by atoms with Gasteiger partial charge < -0.3 is 4.90 Å². The summed E-state index contributed by atoms with van der Waals surface area (Å²) < 4.78 is 0. The number of benzene rings is 1. The lowest BCUT2D eigenvalue weighted by Gasteiger charge is -2.40. The number of hydrogen-bond acceptors (Lipinski definition) is 1. The zero-order valence-corrected chi connectivity index (χ0v) is 9.50. The van der Waals surface area contributed by atoms with E-state index in [-0.39, 0.29) is 0 Å². The van der Waals surface area contributed by atoms with Gasteiger partial charge in [0.15, 0.2) is 0 Å². The van der Waals surface area contributed by atoms with Gasteiger partial charge in [-0.3, -0.25) is 0 Å². The van der Waals surface area contributed by atoms with Crippen molar-refractivity contribution in [2.24, 2.45) is 0 Å². The summed E-state index contributed by atoms with van der Waals surface area (Å²) in [6.07, 6.45) is 5.63. The predicted molar refractivity (Wildman–Crippen MR) is 62.9 cm³/mol. The van der Waals surface area contributed by atoms with Crippen LogP contribution in [0.2, 0.25) is 0 Å². The van der Waals surface area contributed by atoms with Gasteiger partial charge in [-0.15, -0.1) is 0 Å². The highest BCUT2D eigenvalue weighted by Gasteiger charge is 2.40. The van der Waals surface area contributed by atoms with Crippen molar-refractivity contribution in [2.75, 3.05) is 13.6 Å². The molecule has 1 saturated carbocycles. The second-order valence-corrected chi connectivity index (χ2v) is 5.32. The first-order valence-electron chi connectivity index (χ1n) is 6.07. The third-order valence-corrected chi connectivity index (χ3v) is 4.16. The summed E-state index contributed by atoms with van der Waals surface area (Å²) in [5.41, 5.74) is 3.72. The van der Waals surface area contributed by atoms with E-state index >= 15 is 0 Å². The minimum atomic E-state index is 0.504. The fourth-order valence-electron chi connectivity index (χ4n) is 3.60. The van der Waals surface area contributed by atoms with E-state index in [1.807, 2.05) is 0 Å². The summed E-state index contributed by atoms with van der Waals surface area (Å²) in [6.45, 7) is 2.40. The van der Waals surface area contributed by atoms with Crippen LogP contribution in [-0.4, -0.2) is 18.5 Å². The van der Waals surface area contributed by atoms with Crippen LogP contribution >= 0.6 is 0 Å². The molecule has 1 fully saturated rings. The van der Waals surface area contributed by atoms with Crippen LogP contribution in [0.25, 0.3) is 0 Å². The molecular formula is C14H19N. The van der Waals surface area contributed by atoms with Gasteiger partial charge in [-0.1, -0.05) is 37.1 Å². The molecule has 0 N–H and O–H groups in total. The maximum atomic E-state index is 2.49. The highest BCUT2D eigenvalue weighted by atomic mass is 15.1. The standard InChI is InChI=1S/C14H19N/c1-15-10-12-6-2-3-7-13(12)14(11-15)8-4-5-9-14/h2-3,6-7H,4-5,8-11H2,1H3. The topological polar surface area (TPSA) is 3.24 Å². The number of likely N-dealkylation sites (N-methyl/N-ethyl adjacent to an activating group) is 1. The molecule has 1 aromatic rings. The molecule has 0 unspecified atom stereocenters. The predicted octanol–water partition coefficient (Wildman–Crippen LogP) is 2.94. The van der Waals surface area contributed by atoms with Crippen LogP contribution in [0.3, 0.4) is 0 Å². The van der Waals surface area contributed by atoms with E-state index in [0.29, 0.717) is 5.41 Å². The van der Waals surface area contributed by atoms with E-state index in [0.717, 1.165) is 6.54 Å². The normalized spacial score (nSPS) is 24.3. The van der Waals surface area contributed by atoms with Gasteiger partial charge in [0.05, 0.1) is 0 Å². The van der Waals surface area contributed by atoms with Crippen molar-refractivity contribution in [1.29, 1.82) is 0 Å². The van der Waals surface area contributed by atoms with E-state index in [1.54, 1.807) is 11.1 Å². The van der Waals surface area contributed by atoms with Gasteiger partial charge in [-0.25, -0.2) is 0 Å². The molecule has 1 heteroatoms. The molecule has 1 aliphatic heterocycles. The summed E-state index contributed by atoms with van der Waals surface area (Å²) >= 11 is 0. The largest absolute Gasteiger partial charge is 0.301 e. The minimum absolute atomic E-state index is 0.504. The average Bonchev–Trinajstić information content (AvgIpc) is 2.67. The van der Waals surface area contributed by atoms with Gasteiger partial charge in [0, 0.05) is 18.5 Å². The van der Waals surface area contributed by atoms with Crippen LogP contribution in [0.5, 0.6) is 0 Å². The van der Waals surface area contributed by atoms with Gasteiger partial charge in [0.25, 0.3) is 0 Å². The second kappa shape index (κ2) is 3.34. The Morgan fingerprint density at radius 2 is 1.87 bits per heavy atom. The first-order chi connectivity index (χ1) is 7.30. The van der Waals surface area contributed by atoms with Gasteiger partial charge in [0.1, 0.15) is 0 Å². The number of nitrogens with zero attached hydrogens (tertiary/aromatic N) is 1. The molecule has 1 nitrogen and oxygen atoms in total. The number of rotatable bonds is 0. The fraction of sp³-hybridized carbons (Fsp3) is 0.571. The smallest absolute Gasteiger partial charge is 0.0234 e. The van der Waals surface area contributed by atoms with Crippen molar-refractivity contribution in [3.8, 4) is 0 Å². The Morgan fingerprint density at radius 1 is 1.13 bits per heavy atom. The zero-order chi connectivity index (χ0) is 10.3. The molecule has 1 heterocycles. The molecule has 1 spiro atoms. The quantitative estimate of drug-likeness (QED) is 0.624. The van der Waals surface area contributed by atoms with Crippen molar-refractivity contribution in [2.45, 2.75) is 37.6 Å². The summed E-state index contributed by atoms with van der Waals surface area (Å²) in [4.78, 5) is 2.49. The van der Waals surface area contributed by atoms with Crippen LogP contribution in [0.4, 0.5) is 0 Å². The molecule has 1 aliphatic carbocycles. The molecule has 0 radical (unpaired) electrons. The Balaban J connectivity index is 2.10. The molecule has 0 aromatic heterocycles.